The highest BCUT2D eigenvalue weighted by atomic mass is 35.5. The molecule has 3 rings (SSSR count). The number of carbonyl (C=O) groups excluding carboxylic acids is 1. The smallest absolute Gasteiger partial charge is 0.310 e. The number of nitrogens with zero attached hydrogens (tertiary/aromatic N) is 1. The number of carbonyl (C=O) groups is 1. The van der Waals surface area contributed by atoms with E-state index < -0.39 is 12.0 Å². The molecular weight excluding hydrogens is 325 g/mol. The summed E-state index contributed by atoms with van der Waals surface area (Å²) < 4.78 is 5.01. The molecule has 0 aliphatic carbocycles. The van der Waals surface area contributed by atoms with Crippen molar-refractivity contribution in [2.45, 2.75) is 36.9 Å². The van der Waals surface area contributed by atoms with Crippen LogP contribution in [0.4, 0.5) is 0 Å². The Morgan fingerprint density at radius 3 is 2.68 bits per heavy atom. The lowest BCUT2D eigenvalue weighted by atomic mass is 9.76. The van der Waals surface area contributed by atoms with Crippen molar-refractivity contribution in [2.75, 3.05) is 14.2 Å². The van der Waals surface area contributed by atoms with E-state index in [1.54, 1.807) is 6.07 Å². The first kappa shape index (κ1) is 16.1. The van der Waals surface area contributed by atoms with E-state index in [4.69, 9.17) is 27.9 Å². The number of aliphatic hydroxyl groups excluding tert-OH is 1. The van der Waals surface area contributed by atoms with Crippen molar-refractivity contribution in [1.29, 1.82) is 0 Å². The van der Waals surface area contributed by atoms with Crippen LogP contribution in [0, 0.1) is 5.92 Å². The third-order valence-electron chi connectivity index (χ3n) is 5.13. The largest absolute Gasteiger partial charge is 0.469 e. The summed E-state index contributed by atoms with van der Waals surface area (Å²) >= 11 is 12.1. The molecule has 2 aliphatic rings. The van der Waals surface area contributed by atoms with Gasteiger partial charge in [-0.05, 0) is 37.6 Å². The van der Waals surface area contributed by atoms with Crippen LogP contribution in [0.3, 0.4) is 0 Å². The lowest BCUT2D eigenvalue weighted by Crippen LogP contribution is -2.51. The molecule has 6 heteroatoms. The van der Waals surface area contributed by atoms with Crippen molar-refractivity contribution >= 4 is 29.2 Å². The van der Waals surface area contributed by atoms with Crippen LogP contribution in [-0.2, 0) is 9.53 Å². The molecule has 2 aliphatic heterocycles. The average Bonchev–Trinajstić information content (AvgIpc) is 2.68. The minimum atomic E-state index is -0.508. The average molecular weight is 344 g/mol. The minimum Gasteiger partial charge on any atom is -0.469 e. The molecule has 0 spiro atoms. The number of hydrogen-bond donors (Lipinski definition) is 1. The fourth-order valence-electron chi connectivity index (χ4n) is 4.06. The zero-order chi connectivity index (χ0) is 16.0. The van der Waals surface area contributed by atoms with Gasteiger partial charge in [-0.2, -0.15) is 0 Å². The number of rotatable bonds is 2. The van der Waals surface area contributed by atoms with Crippen LogP contribution in [0.5, 0.6) is 0 Å². The van der Waals surface area contributed by atoms with Crippen LogP contribution in [0.15, 0.2) is 18.2 Å². The van der Waals surface area contributed by atoms with Gasteiger partial charge < -0.3 is 9.84 Å². The van der Waals surface area contributed by atoms with E-state index in [0.717, 1.165) is 12.0 Å². The van der Waals surface area contributed by atoms with Crippen molar-refractivity contribution in [1.82, 2.24) is 4.90 Å². The first-order valence-electron chi connectivity index (χ1n) is 7.36. The molecule has 0 radical (unpaired) electrons. The van der Waals surface area contributed by atoms with Crippen LogP contribution < -0.4 is 0 Å². The van der Waals surface area contributed by atoms with Gasteiger partial charge in [-0.25, -0.2) is 0 Å². The molecule has 0 aromatic heterocycles. The van der Waals surface area contributed by atoms with Gasteiger partial charge in [0.05, 0.1) is 29.2 Å². The lowest BCUT2D eigenvalue weighted by Gasteiger charge is -2.42. The molecule has 2 bridgehead atoms. The maximum Gasteiger partial charge on any atom is 0.310 e. The van der Waals surface area contributed by atoms with E-state index in [1.165, 1.54) is 7.11 Å². The molecule has 2 heterocycles. The Morgan fingerprint density at radius 1 is 1.32 bits per heavy atom. The summed E-state index contributed by atoms with van der Waals surface area (Å²) in [5.74, 6) is -0.709. The second-order valence-electron chi connectivity index (χ2n) is 6.18. The van der Waals surface area contributed by atoms with Crippen LogP contribution in [0.2, 0.25) is 10.0 Å². The highest BCUT2D eigenvalue weighted by molar-refractivity contribution is 6.42. The van der Waals surface area contributed by atoms with Gasteiger partial charge in [-0.1, -0.05) is 29.3 Å². The molecule has 1 aromatic carbocycles. The van der Waals surface area contributed by atoms with E-state index >= 15 is 0 Å². The van der Waals surface area contributed by atoms with Gasteiger partial charge in [0, 0.05) is 18.0 Å². The first-order chi connectivity index (χ1) is 10.4. The number of piperidine rings is 1. The van der Waals surface area contributed by atoms with Crippen molar-refractivity contribution < 1.29 is 14.6 Å². The van der Waals surface area contributed by atoms with E-state index in [1.807, 2.05) is 19.2 Å². The predicted octanol–water partition coefficient (Wildman–Crippen LogP) is 2.70. The molecular formula is C16H19Cl2NO3. The summed E-state index contributed by atoms with van der Waals surface area (Å²) in [6, 6.07) is 5.53. The summed E-state index contributed by atoms with van der Waals surface area (Å²) in [6.45, 7) is 0. The Balaban J connectivity index is 2.01. The van der Waals surface area contributed by atoms with Crippen molar-refractivity contribution in [2.24, 2.45) is 5.92 Å². The molecule has 2 saturated heterocycles. The highest BCUT2D eigenvalue weighted by Crippen LogP contribution is 2.47. The number of likely N-dealkylation sites (N-methyl/N-ethyl adjacent to an activating group) is 1. The van der Waals surface area contributed by atoms with Gasteiger partial charge in [-0.3, -0.25) is 9.69 Å². The SMILES string of the molecule is COC(=O)[C@@H]1C2[C@H](O)C[C@H](C[C@H]1c1ccc(Cl)c(Cl)c1)N2C. The van der Waals surface area contributed by atoms with Gasteiger partial charge in [0.15, 0.2) is 0 Å². The summed E-state index contributed by atoms with van der Waals surface area (Å²) in [5, 5.41) is 11.3. The Hall–Kier alpha value is -0.810. The molecule has 22 heavy (non-hydrogen) atoms. The number of esters is 1. The summed E-state index contributed by atoms with van der Waals surface area (Å²) in [5.41, 5.74) is 0.974. The zero-order valence-corrected chi connectivity index (χ0v) is 14.0. The number of hydrogen-bond acceptors (Lipinski definition) is 4. The molecule has 0 amide bonds. The Bertz CT molecular complexity index is 595. The minimum absolute atomic E-state index is 0.0226. The van der Waals surface area contributed by atoms with Crippen LogP contribution >= 0.6 is 23.2 Å². The van der Waals surface area contributed by atoms with Crippen LogP contribution in [0.1, 0.15) is 24.3 Å². The molecule has 0 saturated carbocycles. The molecule has 1 aromatic rings. The van der Waals surface area contributed by atoms with Gasteiger partial charge >= 0.3 is 5.97 Å². The summed E-state index contributed by atoms with van der Waals surface area (Å²) in [4.78, 5) is 14.5. The Morgan fingerprint density at radius 2 is 2.05 bits per heavy atom. The fraction of sp³-hybridized carbons (Fsp3) is 0.562. The lowest BCUT2D eigenvalue weighted by molar-refractivity contribution is -0.151. The van der Waals surface area contributed by atoms with Crippen molar-refractivity contribution in [3.8, 4) is 0 Å². The topological polar surface area (TPSA) is 49.8 Å². The third kappa shape index (κ3) is 2.52. The second kappa shape index (κ2) is 6.00. The highest BCUT2D eigenvalue weighted by Gasteiger charge is 2.53. The molecule has 120 valence electrons. The van der Waals surface area contributed by atoms with Gasteiger partial charge in [-0.15, -0.1) is 0 Å². The molecule has 2 fully saturated rings. The number of benzene rings is 1. The fourth-order valence-corrected chi connectivity index (χ4v) is 4.36. The summed E-state index contributed by atoms with van der Waals surface area (Å²) in [6.07, 6.45) is 0.973. The predicted molar refractivity (Wildman–Crippen MR) is 85.3 cm³/mol. The second-order valence-corrected chi connectivity index (χ2v) is 6.99. The number of fused-ring (bicyclic) bond motifs is 2. The number of ether oxygens (including phenoxy) is 1. The van der Waals surface area contributed by atoms with Gasteiger partial charge in [0.1, 0.15) is 0 Å². The zero-order valence-electron chi connectivity index (χ0n) is 12.5. The Labute approximate surface area is 140 Å². The number of halogens is 2. The maximum absolute atomic E-state index is 12.4. The van der Waals surface area contributed by atoms with E-state index in [-0.39, 0.29) is 24.0 Å². The van der Waals surface area contributed by atoms with E-state index in [9.17, 15) is 9.90 Å². The first-order valence-corrected chi connectivity index (χ1v) is 8.12. The Kier molecular flexibility index (Phi) is 4.38. The summed E-state index contributed by atoms with van der Waals surface area (Å²) in [7, 11) is 3.36. The van der Waals surface area contributed by atoms with Crippen molar-refractivity contribution in [3.63, 3.8) is 0 Å². The van der Waals surface area contributed by atoms with Gasteiger partial charge in [0.25, 0.3) is 0 Å². The standard InChI is InChI=1S/C16H19Cl2NO3/c1-19-9-6-10(8-3-4-11(17)12(18)5-8)14(16(21)22-2)15(19)13(20)7-9/h3-5,9-10,13-15,20H,6-7H2,1-2H3/t9-,10-,13+,14-,15?/m0/s1. The molecule has 4 nitrogen and oxygen atoms in total. The monoisotopic (exact) mass is 343 g/mol. The maximum atomic E-state index is 12.4. The normalized spacial score (nSPS) is 34.7. The number of aliphatic hydroxyl groups is 1. The van der Waals surface area contributed by atoms with E-state index in [2.05, 4.69) is 4.90 Å². The van der Waals surface area contributed by atoms with Crippen molar-refractivity contribution in [3.05, 3.63) is 33.8 Å². The van der Waals surface area contributed by atoms with Gasteiger partial charge in [0.2, 0.25) is 0 Å². The third-order valence-corrected chi connectivity index (χ3v) is 5.87. The number of methoxy groups -OCH3 is 1. The molecule has 1 N–H and O–H groups in total. The van der Waals surface area contributed by atoms with Crippen LogP contribution in [-0.4, -0.2) is 48.3 Å². The quantitative estimate of drug-likeness (QED) is 0.838. The molecule has 1 unspecified atom stereocenters. The molecule has 5 atom stereocenters. The van der Waals surface area contributed by atoms with Crippen LogP contribution in [0.25, 0.3) is 0 Å². The van der Waals surface area contributed by atoms with E-state index in [0.29, 0.717) is 16.5 Å².